The molecule has 5 aromatic rings. The second kappa shape index (κ2) is 14.7. The van der Waals surface area contributed by atoms with Gasteiger partial charge in [0.25, 0.3) is 11.8 Å². The monoisotopic (exact) mass is 661 g/mol. The van der Waals surface area contributed by atoms with Crippen molar-refractivity contribution in [2.24, 2.45) is 0 Å². The smallest absolute Gasteiger partial charge is 0.272 e. The Morgan fingerprint density at radius 2 is 1.37 bits per heavy atom. The molecule has 12 heteroatoms. The number of halogens is 4. The second-order valence-corrected chi connectivity index (χ2v) is 11.8. The third kappa shape index (κ3) is 7.89. The van der Waals surface area contributed by atoms with Crippen molar-refractivity contribution in [2.75, 3.05) is 10.6 Å². The van der Waals surface area contributed by atoms with Crippen LogP contribution in [0.3, 0.4) is 0 Å². The highest BCUT2D eigenvalue weighted by atomic mass is 32.2. The van der Waals surface area contributed by atoms with Crippen LogP contribution in [-0.4, -0.2) is 17.7 Å². The van der Waals surface area contributed by atoms with Crippen LogP contribution in [0.5, 0.6) is 0 Å². The van der Waals surface area contributed by atoms with Crippen molar-refractivity contribution in [2.45, 2.75) is 10.1 Å². The lowest BCUT2D eigenvalue weighted by Crippen LogP contribution is -2.30. The Hall–Kier alpha value is -5.20. The first-order valence-corrected chi connectivity index (χ1v) is 15.3. The molecule has 0 bridgehead atoms. The highest BCUT2D eigenvalue weighted by Crippen LogP contribution is 2.37. The fourth-order valence-corrected chi connectivity index (χ4v) is 5.86. The molecule has 232 valence electrons. The first kappa shape index (κ1) is 32.2. The lowest BCUT2D eigenvalue weighted by atomic mass is 10.1. The zero-order valence-electron chi connectivity index (χ0n) is 23.6. The van der Waals surface area contributed by atoms with Crippen molar-refractivity contribution in [1.29, 1.82) is 0 Å². The summed E-state index contributed by atoms with van der Waals surface area (Å²) in [7, 11) is 0. The standard InChI is InChI=1S/C34H23F4N3O3S2/c35-25-19-26(36)29(38)30(28(25)37)41-34(44)31(20-8-3-1-4-9-20)46-23-15-13-22(14-16-23)39-33(43)27(18-24-12-7-17-45-24)40-32(42)21-10-5-2-6-11-21/h1-19,31H,(H,39,43)(H,40,42)(H,41,44)/b27-18-. The van der Waals surface area contributed by atoms with E-state index < -0.39 is 51.9 Å². The zero-order valence-corrected chi connectivity index (χ0v) is 25.2. The van der Waals surface area contributed by atoms with Gasteiger partial charge in [0.05, 0.1) is 0 Å². The maximum Gasteiger partial charge on any atom is 0.272 e. The molecule has 3 N–H and O–H groups in total. The summed E-state index contributed by atoms with van der Waals surface area (Å²) in [6, 6.07) is 26.7. The van der Waals surface area contributed by atoms with Crippen LogP contribution in [-0.2, 0) is 9.59 Å². The van der Waals surface area contributed by atoms with Gasteiger partial charge < -0.3 is 16.0 Å². The normalized spacial score (nSPS) is 11.9. The van der Waals surface area contributed by atoms with Crippen LogP contribution in [0.2, 0.25) is 0 Å². The molecule has 0 aliphatic heterocycles. The van der Waals surface area contributed by atoms with E-state index >= 15 is 0 Å². The molecular weight excluding hydrogens is 639 g/mol. The van der Waals surface area contributed by atoms with Crippen LogP contribution in [0.1, 0.15) is 26.0 Å². The fourth-order valence-electron chi connectivity index (χ4n) is 4.18. The number of thiophene rings is 1. The van der Waals surface area contributed by atoms with E-state index in [1.54, 1.807) is 97.1 Å². The molecule has 1 aromatic heterocycles. The van der Waals surface area contributed by atoms with E-state index in [2.05, 4.69) is 10.6 Å². The van der Waals surface area contributed by atoms with E-state index in [0.717, 1.165) is 16.6 Å². The molecule has 0 aliphatic carbocycles. The predicted molar refractivity (Wildman–Crippen MR) is 171 cm³/mol. The molecule has 1 unspecified atom stereocenters. The highest BCUT2D eigenvalue weighted by Gasteiger charge is 2.27. The number of amides is 3. The first-order chi connectivity index (χ1) is 22.2. The molecule has 0 fully saturated rings. The molecule has 4 aromatic carbocycles. The SMILES string of the molecule is O=C(Nc1ccc(SC(C(=O)Nc2c(F)c(F)cc(F)c2F)c2ccccc2)cc1)/C(=C/c1cccs1)NC(=O)c1ccccc1. The van der Waals surface area contributed by atoms with Gasteiger partial charge in [0.2, 0.25) is 5.91 Å². The topological polar surface area (TPSA) is 87.3 Å². The quantitative estimate of drug-likeness (QED) is 0.0610. The second-order valence-electron chi connectivity index (χ2n) is 9.61. The number of carbonyl (C=O) groups is 3. The molecule has 0 aliphatic rings. The summed E-state index contributed by atoms with van der Waals surface area (Å²) in [5.74, 6) is -8.71. The van der Waals surface area contributed by atoms with Gasteiger partial charge in [0.15, 0.2) is 23.3 Å². The van der Waals surface area contributed by atoms with E-state index in [1.807, 2.05) is 16.8 Å². The Bertz CT molecular complexity index is 1860. The fraction of sp³-hybridized carbons (Fsp3) is 0.0294. The summed E-state index contributed by atoms with van der Waals surface area (Å²) in [4.78, 5) is 40.6. The molecule has 5 rings (SSSR count). The third-order valence-electron chi connectivity index (χ3n) is 6.43. The average molecular weight is 662 g/mol. The number of hydrogen-bond donors (Lipinski definition) is 3. The summed E-state index contributed by atoms with van der Waals surface area (Å²) in [5.41, 5.74) is -0.00601. The molecule has 0 saturated heterocycles. The third-order valence-corrected chi connectivity index (χ3v) is 8.51. The van der Waals surface area contributed by atoms with Crippen LogP contribution in [0.15, 0.2) is 119 Å². The van der Waals surface area contributed by atoms with Gasteiger partial charge >= 0.3 is 0 Å². The number of carbonyl (C=O) groups excluding carboxylic acids is 3. The van der Waals surface area contributed by atoms with Crippen molar-refractivity contribution in [1.82, 2.24) is 5.32 Å². The number of anilines is 2. The number of rotatable bonds is 10. The molecular formula is C34H23F4N3O3S2. The van der Waals surface area contributed by atoms with E-state index in [-0.39, 0.29) is 11.8 Å². The molecule has 46 heavy (non-hydrogen) atoms. The van der Waals surface area contributed by atoms with Crippen LogP contribution in [0.4, 0.5) is 28.9 Å². The Kier molecular flexibility index (Phi) is 10.3. The van der Waals surface area contributed by atoms with Crippen LogP contribution in [0.25, 0.3) is 6.08 Å². The number of thioether (sulfide) groups is 1. The molecule has 0 spiro atoms. The molecule has 1 atom stereocenters. The van der Waals surface area contributed by atoms with Crippen molar-refractivity contribution in [3.05, 3.63) is 153 Å². The number of benzene rings is 4. The van der Waals surface area contributed by atoms with Crippen LogP contribution >= 0.6 is 23.1 Å². The summed E-state index contributed by atoms with van der Waals surface area (Å²) in [6.45, 7) is 0. The Morgan fingerprint density at radius 3 is 1.98 bits per heavy atom. The van der Waals surface area contributed by atoms with Gasteiger partial charge in [0.1, 0.15) is 16.6 Å². The Labute approximate surface area is 269 Å². The predicted octanol–water partition coefficient (Wildman–Crippen LogP) is 8.19. The minimum Gasteiger partial charge on any atom is -0.321 e. The van der Waals surface area contributed by atoms with Gasteiger partial charge in [-0.05, 0) is 59.5 Å². The van der Waals surface area contributed by atoms with Crippen molar-refractivity contribution in [3.63, 3.8) is 0 Å². The van der Waals surface area contributed by atoms with Gasteiger partial charge in [-0.15, -0.1) is 23.1 Å². The number of hydrogen-bond acceptors (Lipinski definition) is 5. The molecule has 0 saturated carbocycles. The van der Waals surface area contributed by atoms with E-state index in [0.29, 0.717) is 21.7 Å². The molecule has 1 heterocycles. The van der Waals surface area contributed by atoms with Gasteiger partial charge in [0, 0.05) is 27.1 Å². The summed E-state index contributed by atoms with van der Waals surface area (Å²) in [6.07, 6.45) is 1.56. The lowest BCUT2D eigenvalue weighted by molar-refractivity contribution is -0.116. The van der Waals surface area contributed by atoms with Gasteiger partial charge in [-0.1, -0.05) is 54.6 Å². The maximum atomic E-state index is 14.3. The Balaban J connectivity index is 1.33. The minimum absolute atomic E-state index is 0.0174. The van der Waals surface area contributed by atoms with Gasteiger partial charge in [-0.3, -0.25) is 14.4 Å². The van der Waals surface area contributed by atoms with E-state index in [9.17, 15) is 31.9 Å². The van der Waals surface area contributed by atoms with Crippen molar-refractivity contribution >= 4 is 58.3 Å². The zero-order chi connectivity index (χ0) is 32.6. The molecule has 3 amide bonds. The Morgan fingerprint density at radius 1 is 0.739 bits per heavy atom. The average Bonchev–Trinajstić information content (AvgIpc) is 3.59. The van der Waals surface area contributed by atoms with Crippen LogP contribution in [0, 0.1) is 23.3 Å². The maximum absolute atomic E-state index is 14.3. The largest absolute Gasteiger partial charge is 0.321 e. The lowest BCUT2D eigenvalue weighted by Gasteiger charge is -2.18. The van der Waals surface area contributed by atoms with E-state index in [1.165, 1.54) is 11.3 Å². The molecule has 6 nitrogen and oxygen atoms in total. The summed E-state index contributed by atoms with van der Waals surface area (Å²) >= 11 is 2.40. The summed E-state index contributed by atoms with van der Waals surface area (Å²) < 4.78 is 56.1. The molecule has 0 radical (unpaired) electrons. The summed E-state index contributed by atoms with van der Waals surface area (Å²) in [5, 5.41) is 8.15. The minimum atomic E-state index is -1.73. The van der Waals surface area contributed by atoms with Gasteiger partial charge in [-0.25, -0.2) is 17.6 Å². The van der Waals surface area contributed by atoms with Crippen molar-refractivity contribution < 1.29 is 31.9 Å². The van der Waals surface area contributed by atoms with E-state index in [4.69, 9.17) is 0 Å². The van der Waals surface area contributed by atoms with Gasteiger partial charge in [-0.2, -0.15) is 0 Å². The van der Waals surface area contributed by atoms with Crippen LogP contribution < -0.4 is 16.0 Å². The highest BCUT2D eigenvalue weighted by molar-refractivity contribution is 8.00. The first-order valence-electron chi connectivity index (χ1n) is 13.6. The van der Waals surface area contributed by atoms with Crippen molar-refractivity contribution in [3.8, 4) is 0 Å². The number of nitrogens with one attached hydrogen (secondary N) is 3.